The second kappa shape index (κ2) is 7.03. The quantitative estimate of drug-likeness (QED) is 0.619. The topological polar surface area (TPSA) is 40.5 Å². The maximum absolute atomic E-state index is 8.98. The number of rotatable bonds is 0. The van der Waals surface area contributed by atoms with Gasteiger partial charge in [-0.3, -0.25) is 0 Å². The molecule has 2 rings (SSSR count). The highest BCUT2D eigenvalue weighted by atomic mass is 79.9. The molecule has 0 aliphatic heterocycles. The van der Waals surface area contributed by atoms with E-state index in [1.807, 2.05) is 0 Å². The van der Waals surface area contributed by atoms with E-state index in [1.165, 1.54) is 0 Å². The van der Waals surface area contributed by atoms with E-state index < -0.39 is 0 Å². The van der Waals surface area contributed by atoms with Crippen LogP contribution in [-0.4, -0.2) is 10.2 Å². The molecule has 2 N–H and O–H groups in total. The van der Waals surface area contributed by atoms with Crippen molar-refractivity contribution >= 4 is 47.8 Å². The summed E-state index contributed by atoms with van der Waals surface area (Å²) < 4.78 is 2.64. The van der Waals surface area contributed by atoms with Crippen molar-refractivity contribution in [2.24, 2.45) is 0 Å². The third kappa shape index (κ3) is 5.57. The van der Waals surface area contributed by atoms with Crippen LogP contribution in [-0.2, 0) is 0 Å². The average Bonchev–Trinajstić information content (AvgIpc) is 2.29. The molecule has 0 heterocycles. The van der Waals surface area contributed by atoms with Crippen molar-refractivity contribution in [1.82, 2.24) is 0 Å². The molecule has 2 aromatic rings. The highest BCUT2D eigenvalue weighted by molar-refractivity contribution is 9.11. The van der Waals surface area contributed by atoms with Crippen molar-refractivity contribution in [2.75, 3.05) is 0 Å². The number of benzene rings is 2. The number of phenolic OH excluding ortho intramolecular Hbond substituents is 2. The molecular weight excluding hydrogens is 416 g/mol. The Balaban J connectivity index is 0.000000171. The molecule has 2 nitrogen and oxygen atoms in total. The minimum absolute atomic E-state index is 0.262. The van der Waals surface area contributed by atoms with Crippen molar-refractivity contribution in [3.63, 3.8) is 0 Å². The summed E-state index contributed by atoms with van der Waals surface area (Å²) in [6, 6.07) is 12.0. The highest BCUT2D eigenvalue weighted by Crippen LogP contribution is 2.26. The molecule has 0 amide bonds. The molecule has 2 aromatic carbocycles. The summed E-state index contributed by atoms with van der Waals surface area (Å²) in [5, 5.41) is 17.7. The third-order valence-electron chi connectivity index (χ3n) is 1.74. The van der Waals surface area contributed by atoms with E-state index in [4.69, 9.17) is 10.2 Å². The molecule has 0 bridgehead atoms. The predicted molar refractivity (Wildman–Crippen MR) is 79.3 cm³/mol. The Hall–Kier alpha value is -0.520. The van der Waals surface area contributed by atoms with Gasteiger partial charge in [-0.25, -0.2) is 0 Å². The van der Waals surface area contributed by atoms with Gasteiger partial charge in [0.1, 0.15) is 11.5 Å². The van der Waals surface area contributed by atoms with Crippen LogP contribution in [0.2, 0.25) is 0 Å². The number of aromatic hydroxyl groups is 2. The van der Waals surface area contributed by atoms with E-state index >= 15 is 0 Å². The first-order chi connectivity index (χ1) is 7.99. The standard InChI is InChI=1S/C6H4Br2O.C6H5BrO/c7-4-1-2-6(9)5(8)3-4;7-5-1-3-6(8)4-2-5/h1-3,9H;1-4,8H. The fourth-order valence-electron chi connectivity index (χ4n) is 0.922. The largest absolute Gasteiger partial charge is 0.508 e. The minimum Gasteiger partial charge on any atom is -0.508 e. The summed E-state index contributed by atoms with van der Waals surface area (Å²) in [7, 11) is 0. The van der Waals surface area contributed by atoms with Crippen molar-refractivity contribution in [1.29, 1.82) is 0 Å². The summed E-state index contributed by atoms with van der Waals surface area (Å²) in [5.41, 5.74) is 0. The van der Waals surface area contributed by atoms with Crippen molar-refractivity contribution < 1.29 is 10.2 Å². The van der Waals surface area contributed by atoms with Crippen molar-refractivity contribution in [3.05, 3.63) is 55.9 Å². The minimum atomic E-state index is 0.262. The average molecular weight is 425 g/mol. The first-order valence-electron chi connectivity index (χ1n) is 4.57. The Morgan fingerprint density at radius 2 is 1.24 bits per heavy atom. The van der Waals surface area contributed by atoms with Gasteiger partial charge in [-0.05, 0) is 58.4 Å². The van der Waals surface area contributed by atoms with Gasteiger partial charge in [0.25, 0.3) is 0 Å². The zero-order valence-corrected chi connectivity index (χ0v) is 13.3. The van der Waals surface area contributed by atoms with Gasteiger partial charge in [-0.2, -0.15) is 0 Å². The molecular formula is C12H9Br3O2. The first-order valence-corrected chi connectivity index (χ1v) is 6.95. The van der Waals surface area contributed by atoms with Crippen LogP contribution in [0.3, 0.4) is 0 Å². The lowest BCUT2D eigenvalue weighted by atomic mass is 10.3. The van der Waals surface area contributed by atoms with Crippen LogP contribution in [0.4, 0.5) is 0 Å². The number of halogens is 3. The van der Waals surface area contributed by atoms with E-state index in [-0.39, 0.29) is 5.75 Å². The molecule has 5 heteroatoms. The SMILES string of the molecule is Oc1ccc(Br)cc1.Oc1ccc(Br)cc1Br. The molecule has 0 radical (unpaired) electrons. The first kappa shape index (κ1) is 14.5. The molecule has 0 aliphatic carbocycles. The van der Waals surface area contributed by atoms with Gasteiger partial charge in [0.2, 0.25) is 0 Å². The molecule has 0 saturated carbocycles. The maximum atomic E-state index is 8.98. The Morgan fingerprint density at radius 3 is 1.65 bits per heavy atom. The van der Waals surface area contributed by atoms with E-state index in [0.29, 0.717) is 10.2 Å². The monoisotopic (exact) mass is 422 g/mol. The van der Waals surface area contributed by atoms with Crippen LogP contribution in [0.25, 0.3) is 0 Å². The van der Waals surface area contributed by atoms with Gasteiger partial charge in [0.05, 0.1) is 4.47 Å². The molecule has 0 saturated heterocycles. The van der Waals surface area contributed by atoms with Gasteiger partial charge in [0, 0.05) is 8.95 Å². The molecule has 0 atom stereocenters. The summed E-state index contributed by atoms with van der Waals surface area (Å²) in [6.45, 7) is 0. The Labute approximate surface area is 125 Å². The molecule has 0 spiro atoms. The number of hydrogen-bond donors (Lipinski definition) is 2. The third-order valence-corrected chi connectivity index (χ3v) is 3.39. The lowest BCUT2D eigenvalue weighted by Gasteiger charge is -1.94. The molecule has 0 aromatic heterocycles. The van der Waals surface area contributed by atoms with E-state index in [9.17, 15) is 0 Å². The normalized spacial score (nSPS) is 9.35. The Kier molecular flexibility index (Phi) is 6.02. The molecule has 0 aliphatic rings. The molecule has 90 valence electrons. The van der Waals surface area contributed by atoms with Crippen molar-refractivity contribution in [2.45, 2.75) is 0 Å². The van der Waals surface area contributed by atoms with Crippen molar-refractivity contribution in [3.8, 4) is 11.5 Å². The second-order valence-corrected chi connectivity index (χ2v) is 5.76. The summed E-state index contributed by atoms with van der Waals surface area (Å²) in [5.74, 6) is 0.561. The lowest BCUT2D eigenvalue weighted by molar-refractivity contribution is 0.471. The van der Waals surface area contributed by atoms with E-state index in [2.05, 4.69) is 47.8 Å². The van der Waals surface area contributed by atoms with Crippen LogP contribution in [0.1, 0.15) is 0 Å². The summed E-state index contributed by atoms with van der Waals surface area (Å²) in [4.78, 5) is 0. The highest BCUT2D eigenvalue weighted by Gasteiger charge is 1.94. The van der Waals surface area contributed by atoms with Crippen LogP contribution in [0.5, 0.6) is 11.5 Å². The number of hydrogen-bond acceptors (Lipinski definition) is 2. The number of phenols is 2. The summed E-state index contributed by atoms with van der Waals surface area (Å²) in [6.07, 6.45) is 0. The molecule has 0 unspecified atom stereocenters. The van der Waals surface area contributed by atoms with Gasteiger partial charge < -0.3 is 10.2 Å². The van der Waals surface area contributed by atoms with Crippen LogP contribution < -0.4 is 0 Å². The predicted octanol–water partition coefficient (Wildman–Crippen LogP) is 5.07. The Bertz CT molecular complexity index is 463. The maximum Gasteiger partial charge on any atom is 0.129 e. The van der Waals surface area contributed by atoms with Crippen LogP contribution >= 0.6 is 47.8 Å². The fraction of sp³-hybridized carbons (Fsp3) is 0. The van der Waals surface area contributed by atoms with E-state index in [1.54, 1.807) is 42.5 Å². The smallest absolute Gasteiger partial charge is 0.129 e. The fourth-order valence-corrected chi connectivity index (χ4v) is 2.23. The zero-order valence-electron chi connectivity index (χ0n) is 8.57. The van der Waals surface area contributed by atoms with Gasteiger partial charge >= 0.3 is 0 Å². The van der Waals surface area contributed by atoms with Crippen LogP contribution in [0.15, 0.2) is 55.9 Å². The van der Waals surface area contributed by atoms with Gasteiger partial charge in [-0.15, -0.1) is 0 Å². The van der Waals surface area contributed by atoms with E-state index in [0.717, 1.165) is 8.95 Å². The van der Waals surface area contributed by atoms with Gasteiger partial charge in [0.15, 0.2) is 0 Å². The second-order valence-electron chi connectivity index (χ2n) is 3.07. The summed E-state index contributed by atoms with van der Waals surface area (Å²) >= 11 is 9.66. The van der Waals surface area contributed by atoms with Gasteiger partial charge in [-0.1, -0.05) is 31.9 Å². The van der Waals surface area contributed by atoms with Crippen LogP contribution in [0, 0.1) is 0 Å². The molecule has 0 fully saturated rings. The Morgan fingerprint density at radius 1 is 0.706 bits per heavy atom. The lowest BCUT2D eigenvalue weighted by Crippen LogP contribution is -1.67. The molecule has 17 heavy (non-hydrogen) atoms. The zero-order chi connectivity index (χ0) is 12.8.